The van der Waals surface area contributed by atoms with E-state index < -0.39 is 5.79 Å². The van der Waals surface area contributed by atoms with Gasteiger partial charge in [-0.1, -0.05) is 75.0 Å². The Morgan fingerprint density at radius 1 is 1.02 bits per heavy atom. The third kappa shape index (κ3) is 5.73. The number of aryl methyl sites for hydroxylation is 1. The van der Waals surface area contributed by atoms with Crippen LogP contribution < -0.4 is 9.47 Å². The van der Waals surface area contributed by atoms with Crippen molar-refractivity contribution >= 4 is 22.9 Å². The number of imidazole rings is 1. The van der Waals surface area contributed by atoms with E-state index >= 15 is 0 Å². The molecule has 2 aromatic heterocycles. The molecule has 0 saturated carbocycles. The van der Waals surface area contributed by atoms with Gasteiger partial charge in [-0.15, -0.1) is 0 Å². The van der Waals surface area contributed by atoms with Crippen LogP contribution in [0.25, 0.3) is 11.2 Å². The van der Waals surface area contributed by atoms with Crippen molar-refractivity contribution in [2.75, 3.05) is 13.7 Å². The van der Waals surface area contributed by atoms with Gasteiger partial charge < -0.3 is 23.7 Å². The van der Waals surface area contributed by atoms with Crippen LogP contribution in [0.5, 0.6) is 11.9 Å². The summed E-state index contributed by atoms with van der Waals surface area (Å²) in [5.41, 5.74) is 4.54. The molecule has 2 aliphatic rings. The third-order valence-electron chi connectivity index (χ3n) is 7.63. The smallest absolute Gasteiger partial charge is 0.299 e. The Kier molecular flexibility index (Phi) is 7.67. The topological polar surface area (TPSA) is 89.8 Å². The van der Waals surface area contributed by atoms with Crippen LogP contribution in [0, 0.1) is 6.92 Å². The molecule has 42 heavy (non-hydrogen) atoms. The van der Waals surface area contributed by atoms with E-state index in [0.29, 0.717) is 29.6 Å². The first-order valence-electron chi connectivity index (χ1n) is 14.2. The van der Waals surface area contributed by atoms with E-state index in [-0.39, 0.29) is 35.8 Å². The van der Waals surface area contributed by atoms with Crippen LogP contribution in [0.15, 0.2) is 59.8 Å². The summed E-state index contributed by atoms with van der Waals surface area (Å²) in [5.74, 6) is -0.281. The molecule has 4 heterocycles. The number of benzene rings is 2. The molecule has 0 spiro atoms. The highest BCUT2D eigenvalue weighted by atomic mass is 32.2. The third-order valence-corrected chi connectivity index (χ3v) is 8.94. The number of hydrogen-bond donors (Lipinski definition) is 0. The molecule has 4 aromatic rings. The largest absolute Gasteiger partial charge is 0.479 e. The highest BCUT2D eigenvalue weighted by Crippen LogP contribution is 2.45. The maximum atomic E-state index is 6.60. The molecule has 0 amide bonds. The van der Waals surface area contributed by atoms with Gasteiger partial charge in [-0.3, -0.25) is 4.57 Å². The molecule has 0 radical (unpaired) electrons. The van der Waals surface area contributed by atoms with Gasteiger partial charge in [0, 0.05) is 4.90 Å². The Morgan fingerprint density at radius 3 is 2.52 bits per heavy atom. The van der Waals surface area contributed by atoms with Crippen molar-refractivity contribution in [1.29, 1.82) is 0 Å². The van der Waals surface area contributed by atoms with Crippen molar-refractivity contribution in [3.63, 3.8) is 0 Å². The van der Waals surface area contributed by atoms with Gasteiger partial charge >= 0.3 is 0 Å². The predicted molar refractivity (Wildman–Crippen MR) is 161 cm³/mol. The number of ether oxygens (including phenoxy) is 5. The number of thioether (sulfide) groups is 1. The van der Waals surface area contributed by atoms with Crippen molar-refractivity contribution in [1.82, 2.24) is 19.5 Å². The Morgan fingerprint density at radius 2 is 1.79 bits per heavy atom. The second-order valence-corrected chi connectivity index (χ2v) is 13.4. The Hall–Kier alpha value is -3.18. The number of methoxy groups -OCH3 is 1. The molecule has 6 rings (SSSR count). The molecule has 2 fully saturated rings. The minimum absolute atomic E-state index is 0.0473. The van der Waals surface area contributed by atoms with Crippen LogP contribution in [0.3, 0.4) is 0 Å². The fourth-order valence-electron chi connectivity index (χ4n) is 5.44. The van der Waals surface area contributed by atoms with Gasteiger partial charge in [0.15, 0.2) is 17.0 Å². The molecule has 10 heteroatoms. The molecule has 0 N–H and O–H groups in total. The standard InChI is InChI=1S/C32H38N4O5S/c1-19-13-14-21(31(2,3)4)15-23(19)42-29-26-25(40-32(5,6)41-26)22(39-29)17-38-30-35-27-24(28(37-7)34-18-33-27)36(30)16-20-11-9-8-10-12-20/h8-15,18,22,25-26,29H,16-17H2,1-7H3/t22-,25-,26-,29?/m1/s1. The zero-order valence-electron chi connectivity index (χ0n) is 25.2. The fourth-order valence-corrected chi connectivity index (χ4v) is 6.68. The minimum atomic E-state index is -0.720. The molecule has 4 atom stereocenters. The summed E-state index contributed by atoms with van der Waals surface area (Å²) in [4.78, 5) is 14.6. The normalized spacial score (nSPS) is 23.3. The van der Waals surface area contributed by atoms with Gasteiger partial charge in [0.25, 0.3) is 6.01 Å². The van der Waals surface area contributed by atoms with Crippen LogP contribution in [-0.2, 0) is 26.2 Å². The molecular weight excluding hydrogens is 552 g/mol. The average molecular weight is 591 g/mol. The number of nitrogens with zero attached hydrogens (tertiary/aromatic N) is 4. The summed E-state index contributed by atoms with van der Waals surface area (Å²) in [6, 6.07) is 17.2. The summed E-state index contributed by atoms with van der Waals surface area (Å²) in [6.45, 7) is 13.4. The molecule has 2 aromatic carbocycles. The van der Waals surface area contributed by atoms with Gasteiger partial charge in [-0.25, -0.2) is 4.98 Å². The van der Waals surface area contributed by atoms with Crippen LogP contribution in [0.1, 0.15) is 51.3 Å². The molecule has 9 nitrogen and oxygen atoms in total. The van der Waals surface area contributed by atoms with Crippen LogP contribution in [0.2, 0.25) is 0 Å². The van der Waals surface area contributed by atoms with E-state index in [1.807, 2.05) is 36.6 Å². The molecule has 2 saturated heterocycles. The van der Waals surface area contributed by atoms with Crippen molar-refractivity contribution in [2.24, 2.45) is 0 Å². The van der Waals surface area contributed by atoms with Crippen molar-refractivity contribution in [3.8, 4) is 11.9 Å². The van der Waals surface area contributed by atoms with E-state index in [2.05, 4.69) is 68.0 Å². The summed E-state index contributed by atoms with van der Waals surface area (Å²) in [7, 11) is 1.59. The zero-order valence-corrected chi connectivity index (χ0v) is 26.0. The lowest BCUT2D eigenvalue weighted by Crippen LogP contribution is -2.34. The Balaban J connectivity index is 1.27. The lowest BCUT2D eigenvalue weighted by molar-refractivity contribution is -0.180. The maximum Gasteiger partial charge on any atom is 0.299 e. The molecular formula is C32H38N4O5S. The highest BCUT2D eigenvalue weighted by molar-refractivity contribution is 7.99. The van der Waals surface area contributed by atoms with Crippen LogP contribution in [0.4, 0.5) is 0 Å². The number of fused-ring (bicyclic) bond motifs is 2. The van der Waals surface area contributed by atoms with E-state index in [1.165, 1.54) is 22.3 Å². The lowest BCUT2D eigenvalue weighted by atomic mass is 9.87. The van der Waals surface area contributed by atoms with Crippen LogP contribution in [-0.4, -0.2) is 62.8 Å². The van der Waals surface area contributed by atoms with Gasteiger partial charge in [0.05, 0.1) is 13.7 Å². The van der Waals surface area contributed by atoms with Crippen molar-refractivity contribution in [2.45, 2.75) is 87.9 Å². The number of aromatic nitrogens is 4. The molecule has 0 aliphatic carbocycles. The van der Waals surface area contributed by atoms with E-state index in [9.17, 15) is 0 Å². The monoisotopic (exact) mass is 590 g/mol. The van der Waals surface area contributed by atoms with Crippen LogP contribution >= 0.6 is 11.8 Å². The summed E-state index contributed by atoms with van der Waals surface area (Å²) in [6.07, 6.45) is 0.549. The fraction of sp³-hybridized carbons (Fsp3) is 0.469. The lowest BCUT2D eigenvalue weighted by Gasteiger charge is -2.25. The van der Waals surface area contributed by atoms with Crippen molar-refractivity contribution < 1.29 is 23.7 Å². The first-order valence-corrected chi connectivity index (χ1v) is 15.1. The summed E-state index contributed by atoms with van der Waals surface area (Å²) < 4.78 is 33.2. The van der Waals surface area contributed by atoms with E-state index in [0.717, 1.165) is 5.56 Å². The molecule has 0 bridgehead atoms. The second-order valence-electron chi connectivity index (χ2n) is 12.3. The Bertz CT molecular complexity index is 1570. The quantitative estimate of drug-likeness (QED) is 0.249. The first-order chi connectivity index (χ1) is 20.0. The summed E-state index contributed by atoms with van der Waals surface area (Å²) in [5, 5.41) is 0. The highest BCUT2D eigenvalue weighted by Gasteiger charge is 2.55. The Labute approximate surface area is 250 Å². The first kappa shape index (κ1) is 28.9. The van der Waals surface area contributed by atoms with Gasteiger partial charge in [0.2, 0.25) is 5.88 Å². The minimum Gasteiger partial charge on any atom is -0.479 e. The van der Waals surface area contributed by atoms with E-state index in [1.54, 1.807) is 18.9 Å². The predicted octanol–water partition coefficient (Wildman–Crippen LogP) is 5.91. The van der Waals surface area contributed by atoms with Gasteiger partial charge in [-0.2, -0.15) is 9.97 Å². The summed E-state index contributed by atoms with van der Waals surface area (Å²) >= 11 is 1.69. The molecule has 222 valence electrons. The SMILES string of the molecule is COc1ncnc2nc(OC[C@H]3OC(Sc4cc(C(C)(C)C)ccc4C)[C@@H]4OC(C)(C)O[C@H]34)n(Cc3ccccc3)c12. The van der Waals surface area contributed by atoms with Crippen molar-refractivity contribution in [3.05, 3.63) is 71.5 Å². The number of rotatable bonds is 8. The zero-order chi connectivity index (χ0) is 29.6. The molecule has 2 aliphatic heterocycles. The van der Waals surface area contributed by atoms with Gasteiger partial charge in [-0.05, 0) is 48.9 Å². The van der Waals surface area contributed by atoms with E-state index in [4.69, 9.17) is 28.7 Å². The maximum absolute atomic E-state index is 6.60. The average Bonchev–Trinajstić information content (AvgIpc) is 3.57. The van der Waals surface area contributed by atoms with Gasteiger partial charge in [0.1, 0.15) is 36.7 Å². The second kappa shape index (κ2) is 11.1. The number of hydrogen-bond acceptors (Lipinski definition) is 9. The molecule has 1 unspecified atom stereocenters.